The summed E-state index contributed by atoms with van der Waals surface area (Å²) >= 11 is 0. The highest BCUT2D eigenvalue weighted by Crippen LogP contribution is 2.55. The van der Waals surface area contributed by atoms with Gasteiger partial charge >= 0.3 is 0 Å². The van der Waals surface area contributed by atoms with Crippen LogP contribution in [-0.2, 0) is 10.2 Å². The molecule has 29 heavy (non-hydrogen) atoms. The zero-order valence-electron chi connectivity index (χ0n) is 15.3. The number of aromatic nitrogens is 2. The first-order chi connectivity index (χ1) is 13.9. The molecule has 1 aliphatic heterocycles. The third-order valence-corrected chi connectivity index (χ3v) is 5.88. The van der Waals surface area contributed by atoms with E-state index in [9.17, 15) is 18.4 Å². The largest absolute Gasteiger partial charge is 0.328 e. The Morgan fingerprint density at radius 2 is 1.97 bits per heavy atom. The lowest BCUT2D eigenvalue weighted by Gasteiger charge is -2.35. The standard InChI is InChI=1S/C20H17F3N4O2.2H2/c21-10-6-24-19(25-7-10)26-15(28)8-27-9-20(3-4-20)16-12(18(27)29)2-1-11(17(16)23)13-5-14(13)22;;/h1-2,6-7,13-14H,3-5,8-9H2,(H,24,25,26,28);2*1H/t13-,14-;;/m1../s1. The van der Waals surface area contributed by atoms with E-state index >= 15 is 4.39 Å². The second-order valence-corrected chi connectivity index (χ2v) is 7.96. The van der Waals surface area contributed by atoms with Crippen molar-refractivity contribution in [1.82, 2.24) is 14.9 Å². The average Bonchev–Trinajstić information content (AvgIpc) is 3.60. The number of amides is 2. The molecule has 1 aromatic carbocycles. The Morgan fingerprint density at radius 1 is 1.28 bits per heavy atom. The second-order valence-electron chi connectivity index (χ2n) is 7.96. The van der Waals surface area contributed by atoms with Gasteiger partial charge in [0.05, 0.1) is 12.4 Å². The molecule has 2 saturated carbocycles. The summed E-state index contributed by atoms with van der Waals surface area (Å²) in [4.78, 5) is 33.9. The van der Waals surface area contributed by atoms with Gasteiger partial charge in [0.1, 0.15) is 18.5 Å². The number of alkyl halides is 1. The fourth-order valence-electron chi connectivity index (χ4n) is 4.15. The van der Waals surface area contributed by atoms with Gasteiger partial charge < -0.3 is 4.90 Å². The molecule has 0 radical (unpaired) electrons. The first kappa shape index (κ1) is 18.1. The van der Waals surface area contributed by atoms with Crippen LogP contribution in [0.25, 0.3) is 0 Å². The van der Waals surface area contributed by atoms with Gasteiger partial charge in [0.25, 0.3) is 5.91 Å². The van der Waals surface area contributed by atoms with E-state index in [1.165, 1.54) is 11.0 Å². The van der Waals surface area contributed by atoms with E-state index in [2.05, 4.69) is 15.3 Å². The van der Waals surface area contributed by atoms with Gasteiger partial charge in [0, 0.05) is 31.9 Å². The molecular weight excluding hydrogens is 385 g/mol. The van der Waals surface area contributed by atoms with E-state index in [1.54, 1.807) is 6.07 Å². The summed E-state index contributed by atoms with van der Waals surface area (Å²) in [5, 5.41) is 2.42. The number of anilines is 1. The number of carbonyl (C=O) groups excluding carboxylic acids is 2. The molecule has 0 unspecified atom stereocenters. The minimum atomic E-state index is -1.02. The predicted molar refractivity (Wildman–Crippen MR) is 100 cm³/mol. The Kier molecular flexibility index (Phi) is 3.91. The van der Waals surface area contributed by atoms with Gasteiger partial charge in [0.15, 0.2) is 5.82 Å². The maximum absolute atomic E-state index is 15.2. The maximum Gasteiger partial charge on any atom is 0.254 e. The summed E-state index contributed by atoms with van der Waals surface area (Å²) in [7, 11) is 0. The first-order valence-corrected chi connectivity index (χ1v) is 9.41. The van der Waals surface area contributed by atoms with Crippen molar-refractivity contribution in [2.75, 3.05) is 18.4 Å². The molecule has 2 fully saturated rings. The van der Waals surface area contributed by atoms with Crippen LogP contribution in [0.5, 0.6) is 0 Å². The lowest BCUT2D eigenvalue weighted by molar-refractivity contribution is -0.117. The van der Waals surface area contributed by atoms with Crippen molar-refractivity contribution in [2.45, 2.75) is 36.8 Å². The van der Waals surface area contributed by atoms with Gasteiger partial charge in [-0.05, 0) is 30.9 Å². The number of nitrogens with zero attached hydrogens (tertiary/aromatic N) is 3. The van der Waals surface area contributed by atoms with Crippen LogP contribution < -0.4 is 5.32 Å². The van der Waals surface area contributed by atoms with Crippen LogP contribution in [0.15, 0.2) is 24.5 Å². The molecule has 1 spiro atoms. The first-order valence-electron chi connectivity index (χ1n) is 9.41. The highest BCUT2D eigenvalue weighted by molar-refractivity contribution is 6.01. The molecule has 5 rings (SSSR count). The van der Waals surface area contributed by atoms with Gasteiger partial charge in [-0.15, -0.1) is 0 Å². The Bertz CT molecular complexity index is 1030. The van der Waals surface area contributed by atoms with Crippen molar-refractivity contribution in [1.29, 1.82) is 0 Å². The molecule has 2 heterocycles. The van der Waals surface area contributed by atoms with Gasteiger partial charge in [0.2, 0.25) is 11.9 Å². The van der Waals surface area contributed by atoms with Gasteiger partial charge in [-0.3, -0.25) is 14.9 Å². The molecule has 2 amide bonds. The fraction of sp³-hybridized carbons (Fsp3) is 0.400. The Balaban J connectivity index is 0.00000136. The summed E-state index contributed by atoms with van der Waals surface area (Å²) in [6.07, 6.45) is 2.55. The number of nitrogens with one attached hydrogen (secondary N) is 1. The topological polar surface area (TPSA) is 75.2 Å². The number of hydrogen-bond donors (Lipinski definition) is 1. The number of hydrogen-bond acceptors (Lipinski definition) is 4. The van der Waals surface area contributed by atoms with Gasteiger partial charge in [-0.2, -0.15) is 0 Å². The van der Waals surface area contributed by atoms with E-state index in [1.807, 2.05) is 0 Å². The molecule has 2 aromatic rings. The van der Waals surface area contributed by atoms with Gasteiger partial charge in [-0.25, -0.2) is 23.1 Å². The molecule has 0 bridgehead atoms. The zero-order chi connectivity index (χ0) is 20.3. The lowest BCUT2D eigenvalue weighted by Crippen LogP contribution is -2.47. The monoisotopic (exact) mass is 406 g/mol. The quantitative estimate of drug-likeness (QED) is 0.846. The summed E-state index contributed by atoms with van der Waals surface area (Å²) < 4.78 is 41.5. The maximum atomic E-state index is 15.2. The van der Waals surface area contributed by atoms with Crippen LogP contribution in [0.1, 0.15) is 49.5 Å². The summed E-state index contributed by atoms with van der Waals surface area (Å²) in [6, 6.07) is 3.04. The normalized spacial score (nSPS) is 23.7. The number of carbonyl (C=O) groups is 2. The lowest BCUT2D eigenvalue weighted by atomic mass is 9.84. The minimum absolute atomic E-state index is 0. The second kappa shape index (κ2) is 6.27. The molecule has 1 aromatic heterocycles. The van der Waals surface area contributed by atoms with Crippen LogP contribution in [-0.4, -0.2) is 45.9 Å². The third kappa shape index (κ3) is 3.04. The summed E-state index contributed by atoms with van der Waals surface area (Å²) in [5.41, 5.74) is 0.431. The summed E-state index contributed by atoms with van der Waals surface area (Å²) in [5.74, 6) is -2.56. The number of halogens is 3. The van der Waals surface area contributed by atoms with Crippen molar-refractivity contribution < 1.29 is 25.6 Å². The highest BCUT2D eigenvalue weighted by Gasteiger charge is 2.54. The molecule has 9 heteroatoms. The molecular formula is C20H21F3N4O2. The Hall–Kier alpha value is -2.97. The van der Waals surface area contributed by atoms with Crippen molar-refractivity contribution in [3.05, 3.63) is 52.9 Å². The van der Waals surface area contributed by atoms with Crippen LogP contribution in [0.4, 0.5) is 19.1 Å². The van der Waals surface area contributed by atoms with Crippen molar-refractivity contribution in [3.63, 3.8) is 0 Å². The molecule has 6 nitrogen and oxygen atoms in total. The summed E-state index contributed by atoms with van der Waals surface area (Å²) in [6.45, 7) is -0.0278. The molecule has 2 aliphatic carbocycles. The van der Waals surface area contributed by atoms with Crippen molar-refractivity contribution in [3.8, 4) is 0 Å². The zero-order valence-corrected chi connectivity index (χ0v) is 15.3. The van der Waals surface area contributed by atoms with E-state index in [-0.39, 0.29) is 27.5 Å². The van der Waals surface area contributed by atoms with E-state index < -0.39 is 41.0 Å². The van der Waals surface area contributed by atoms with E-state index in [4.69, 9.17) is 0 Å². The van der Waals surface area contributed by atoms with Crippen LogP contribution in [0.3, 0.4) is 0 Å². The Morgan fingerprint density at radius 3 is 2.59 bits per heavy atom. The van der Waals surface area contributed by atoms with E-state index in [0.717, 1.165) is 12.4 Å². The fourth-order valence-corrected chi connectivity index (χ4v) is 4.15. The van der Waals surface area contributed by atoms with E-state index in [0.29, 0.717) is 30.4 Å². The van der Waals surface area contributed by atoms with Crippen LogP contribution in [0.2, 0.25) is 0 Å². The SMILES string of the molecule is O=C(CN1CC2(CC2)c2c(ccc([C@H]3C[C@H]3F)c2F)C1=O)Nc1ncc(F)cn1.[HH].[HH]. The number of benzene rings is 1. The highest BCUT2D eigenvalue weighted by atomic mass is 19.1. The Labute approximate surface area is 167 Å². The third-order valence-electron chi connectivity index (χ3n) is 5.88. The molecule has 0 saturated heterocycles. The number of fused-ring (bicyclic) bond motifs is 2. The predicted octanol–water partition coefficient (Wildman–Crippen LogP) is 3.20. The molecule has 154 valence electrons. The van der Waals surface area contributed by atoms with Gasteiger partial charge in [-0.1, -0.05) is 6.07 Å². The number of rotatable bonds is 4. The molecule has 1 N–H and O–H groups in total. The average molecular weight is 406 g/mol. The minimum Gasteiger partial charge on any atom is -0.328 e. The van der Waals surface area contributed by atoms with Crippen molar-refractivity contribution >= 4 is 17.8 Å². The molecule has 3 aliphatic rings. The molecule has 2 atom stereocenters. The van der Waals surface area contributed by atoms with Crippen molar-refractivity contribution in [2.24, 2.45) is 0 Å². The van der Waals surface area contributed by atoms with Crippen LogP contribution >= 0.6 is 0 Å². The van der Waals surface area contributed by atoms with Crippen LogP contribution in [0, 0.1) is 11.6 Å². The smallest absolute Gasteiger partial charge is 0.254 e.